The van der Waals surface area contributed by atoms with Gasteiger partial charge >= 0.3 is 0 Å². The maximum absolute atomic E-state index is 15.0. The molecule has 1 amide bonds. The zero-order chi connectivity index (χ0) is 37.8. The van der Waals surface area contributed by atoms with Gasteiger partial charge in [0.25, 0.3) is 15.9 Å². The molecule has 2 aliphatic rings. The Kier molecular flexibility index (Phi) is 9.52. The third-order valence-corrected chi connectivity index (χ3v) is 11.4. The van der Waals surface area contributed by atoms with Crippen LogP contribution in [0.25, 0.3) is 22.3 Å². The zero-order valence-electron chi connectivity index (χ0n) is 31.5. The van der Waals surface area contributed by atoms with Gasteiger partial charge in [-0.15, -0.1) is 0 Å². The Labute approximate surface area is 311 Å². The summed E-state index contributed by atoms with van der Waals surface area (Å²) in [5, 5.41) is 0.914. The topological polar surface area (TPSA) is 141 Å². The number of ether oxygens (including phenoxy) is 2. The van der Waals surface area contributed by atoms with Crippen LogP contribution in [0.4, 0.5) is 5.95 Å². The van der Waals surface area contributed by atoms with E-state index in [4.69, 9.17) is 19.4 Å². The van der Waals surface area contributed by atoms with Crippen LogP contribution in [0, 0.1) is 13.8 Å². The summed E-state index contributed by atoms with van der Waals surface area (Å²) >= 11 is 0. The second-order valence-electron chi connectivity index (χ2n) is 15.4. The lowest BCUT2D eigenvalue weighted by Crippen LogP contribution is -2.52. The van der Waals surface area contributed by atoms with Crippen molar-refractivity contribution in [2.45, 2.75) is 102 Å². The van der Waals surface area contributed by atoms with Gasteiger partial charge in [-0.05, 0) is 82.3 Å². The highest BCUT2D eigenvalue weighted by Gasteiger charge is 2.42. The van der Waals surface area contributed by atoms with Crippen molar-refractivity contribution in [1.82, 2.24) is 29.4 Å². The van der Waals surface area contributed by atoms with Crippen molar-refractivity contribution in [1.29, 1.82) is 0 Å². The fourth-order valence-electron chi connectivity index (χ4n) is 7.69. The number of anilines is 1. The molecule has 1 unspecified atom stereocenters. The maximum Gasteiger partial charge on any atom is 0.264 e. The smallest absolute Gasteiger partial charge is 0.264 e. The first-order chi connectivity index (χ1) is 25.1. The van der Waals surface area contributed by atoms with Crippen molar-refractivity contribution in [3.63, 3.8) is 0 Å². The van der Waals surface area contributed by atoms with Crippen molar-refractivity contribution in [3.8, 4) is 17.1 Å². The van der Waals surface area contributed by atoms with Gasteiger partial charge in [-0.3, -0.25) is 4.79 Å². The zero-order valence-corrected chi connectivity index (χ0v) is 32.4. The molecule has 5 aromatic rings. The number of carbonyl (C=O) groups excluding carboxylic acids is 1. The van der Waals surface area contributed by atoms with Gasteiger partial charge in [0.15, 0.2) is 5.82 Å². The number of carbonyl (C=O) groups is 1. The van der Waals surface area contributed by atoms with E-state index in [2.05, 4.69) is 46.1 Å². The van der Waals surface area contributed by atoms with Crippen LogP contribution in [0.3, 0.4) is 0 Å². The molecule has 0 aliphatic carbocycles. The van der Waals surface area contributed by atoms with Gasteiger partial charge in [0.2, 0.25) is 11.8 Å². The first-order valence-corrected chi connectivity index (χ1v) is 19.6. The van der Waals surface area contributed by atoms with Crippen molar-refractivity contribution >= 4 is 32.9 Å². The van der Waals surface area contributed by atoms with Crippen LogP contribution in [-0.4, -0.2) is 68.6 Å². The Morgan fingerprint density at radius 2 is 1.72 bits per heavy atom. The molecule has 278 valence electrons. The molecule has 1 saturated heterocycles. The van der Waals surface area contributed by atoms with Gasteiger partial charge in [-0.2, -0.15) is 4.98 Å². The molecule has 5 heterocycles. The number of nitrogens with one attached hydrogen (secondary N) is 1. The molecule has 1 fully saturated rings. The van der Waals surface area contributed by atoms with E-state index in [-0.39, 0.29) is 46.3 Å². The van der Waals surface area contributed by atoms with Crippen LogP contribution in [0.5, 0.6) is 5.88 Å². The van der Waals surface area contributed by atoms with Crippen LogP contribution in [0.2, 0.25) is 0 Å². The normalized spacial score (nSPS) is 20.4. The summed E-state index contributed by atoms with van der Waals surface area (Å²) in [6.07, 6.45) is 3.24. The Morgan fingerprint density at radius 1 is 0.981 bits per heavy atom. The monoisotopic (exact) mass is 737 g/mol. The number of aryl methyl sites for hydroxylation is 3. The highest BCUT2D eigenvalue weighted by molar-refractivity contribution is 7.92. The largest absolute Gasteiger partial charge is 0.475 e. The summed E-state index contributed by atoms with van der Waals surface area (Å²) in [4.78, 5) is 35.8. The lowest BCUT2D eigenvalue weighted by atomic mass is 9.92. The summed E-state index contributed by atoms with van der Waals surface area (Å²) in [5.41, 5.74) is 5.26. The molecule has 12 nitrogen and oxygen atoms in total. The van der Waals surface area contributed by atoms with Crippen molar-refractivity contribution in [3.05, 3.63) is 89.0 Å². The van der Waals surface area contributed by atoms with E-state index in [9.17, 15) is 8.42 Å². The highest BCUT2D eigenvalue weighted by Crippen LogP contribution is 2.38. The molecule has 53 heavy (non-hydrogen) atoms. The van der Waals surface area contributed by atoms with Gasteiger partial charge in [0, 0.05) is 46.9 Å². The third-order valence-electron chi connectivity index (χ3n) is 10.1. The minimum atomic E-state index is -4.22. The predicted octanol–water partition coefficient (Wildman–Crippen LogP) is 7.06. The summed E-state index contributed by atoms with van der Waals surface area (Å²) < 4.78 is 45.5. The van der Waals surface area contributed by atoms with E-state index in [0.717, 1.165) is 39.8 Å². The van der Waals surface area contributed by atoms with Crippen molar-refractivity contribution in [2.24, 2.45) is 7.05 Å². The molecule has 3 atom stereocenters. The Morgan fingerprint density at radius 3 is 2.43 bits per heavy atom. The first-order valence-electron chi connectivity index (χ1n) is 18.1. The molecule has 2 aliphatic heterocycles. The molecular formula is C40H47N7O5S. The number of sulfonamides is 1. The number of hydrogen-bond acceptors (Lipinski definition) is 9. The summed E-state index contributed by atoms with van der Waals surface area (Å²) in [5.74, 6) is 0.146. The molecule has 3 aromatic heterocycles. The Hall–Kier alpha value is -4.88. The number of fused-ring (bicyclic) bond motifs is 6. The molecule has 2 aromatic carbocycles. The van der Waals surface area contributed by atoms with Gasteiger partial charge < -0.3 is 18.9 Å². The summed E-state index contributed by atoms with van der Waals surface area (Å²) in [6.45, 7) is 14.4. The molecular weight excluding hydrogens is 691 g/mol. The quantitative estimate of drug-likeness (QED) is 0.205. The number of benzene rings is 2. The second kappa shape index (κ2) is 13.8. The van der Waals surface area contributed by atoms with Crippen molar-refractivity contribution < 1.29 is 22.7 Å². The number of nitrogens with zero attached hydrogens (tertiary/aromatic N) is 6. The molecule has 0 saturated carbocycles. The van der Waals surface area contributed by atoms with Crippen LogP contribution < -0.4 is 9.46 Å². The molecule has 1 N–H and O–H groups in total. The second-order valence-corrected chi connectivity index (χ2v) is 17.1. The summed E-state index contributed by atoms with van der Waals surface area (Å²) in [7, 11) is -2.22. The molecule has 7 rings (SSSR count). The van der Waals surface area contributed by atoms with Crippen LogP contribution in [0.15, 0.2) is 65.7 Å². The van der Waals surface area contributed by atoms with Crippen LogP contribution in [-0.2, 0) is 27.2 Å². The molecule has 0 radical (unpaired) electrons. The van der Waals surface area contributed by atoms with E-state index in [1.54, 1.807) is 23.1 Å². The average Bonchev–Trinajstić information content (AvgIpc) is 3.33. The van der Waals surface area contributed by atoms with E-state index in [1.165, 1.54) is 12.1 Å². The van der Waals surface area contributed by atoms with Gasteiger partial charge in [-0.1, -0.05) is 45.0 Å². The number of amides is 1. The number of rotatable bonds is 4. The third kappa shape index (κ3) is 7.11. The average molecular weight is 738 g/mol. The van der Waals surface area contributed by atoms with E-state index < -0.39 is 28.2 Å². The fraction of sp³-hybridized carbons (Fsp3) is 0.425. The van der Waals surface area contributed by atoms with E-state index >= 15 is 4.79 Å². The molecule has 13 heteroatoms. The van der Waals surface area contributed by atoms with Crippen LogP contribution >= 0.6 is 0 Å². The number of aromatic nitrogens is 5. The van der Waals surface area contributed by atoms with Gasteiger partial charge in [0.05, 0.1) is 34.9 Å². The molecule has 0 spiro atoms. The van der Waals surface area contributed by atoms with Gasteiger partial charge in [-0.25, -0.2) is 28.1 Å². The van der Waals surface area contributed by atoms with E-state index in [0.29, 0.717) is 24.4 Å². The lowest BCUT2D eigenvalue weighted by molar-refractivity contribution is -0.0546. The SMILES string of the molecule is Cc1cccc(C)c1-c1cc2nc(n1)NS(=O)(=O)c1cccc(c1)C(=O)N1C(c3ncc4cc(C(C)(C)C)n(C)c4n3)CCC[C@@H](OC(C)C)[C@@H]1CO2. The standard InChI is InChI=1S/C40H47N7O5S/c1-23(2)52-32-17-11-16-30(36-41-21-27-19-33(40(5,6)7)46(8)37(27)44-36)47-31(32)22-51-34-20-29(35-24(3)12-9-13-25(35)4)42-39(43-34)45-53(49,50)28-15-10-14-26(18-28)38(47)48/h9-10,12-15,18-21,23,30-32H,11,16-17,22H2,1-8H3,(H,42,43,45)/t30?,31-,32+/m0/s1. The Balaban J connectivity index is 1.42. The number of hydrogen-bond donors (Lipinski definition) is 1. The van der Waals surface area contributed by atoms with Crippen LogP contribution in [0.1, 0.15) is 92.9 Å². The van der Waals surface area contributed by atoms with E-state index in [1.807, 2.05) is 59.1 Å². The van der Waals surface area contributed by atoms with Crippen molar-refractivity contribution in [2.75, 3.05) is 11.3 Å². The maximum atomic E-state index is 15.0. The highest BCUT2D eigenvalue weighted by atomic mass is 32.2. The molecule has 4 bridgehead atoms. The predicted molar refractivity (Wildman–Crippen MR) is 203 cm³/mol. The fourth-order valence-corrected chi connectivity index (χ4v) is 8.68. The minimum absolute atomic E-state index is 0.00921. The first kappa shape index (κ1) is 36.5. The lowest BCUT2D eigenvalue weighted by Gasteiger charge is -2.39. The minimum Gasteiger partial charge on any atom is -0.475 e. The van der Waals surface area contributed by atoms with Gasteiger partial charge in [0.1, 0.15) is 12.3 Å². The Bertz CT molecular complexity index is 2290. The summed E-state index contributed by atoms with van der Waals surface area (Å²) in [6, 6.07) is 14.6.